The first-order valence-corrected chi connectivity index (χ1v) is 10.9. The van der Waals surface area contributed by atoms with Crippen molar-refractivity contribution in [3.63, 3.8) is 0 Å². The standard InChI is InChI=1S/C24H27ClN4O2/c1-17-8-9-20(15-22(17)25)26-24(30)23(19-6-4-3-5-7-19)29-12-10-28(11-13-29)16-21-14-18(2)31-27-21/h3-9,14-15,23H,10-13,16H2,1-2H3,(H,26,30)/t23-/m0/s1. The van der Waals surface area contributed by atoms with Crippen LogP contribution >= 0.6 is 11.6 Å². The largest absolute Gasteiger partial charge is 0.361 e. The highest BCUT2D eigenvalue weighted by Crippen LogP contribution is 2.26. The topological polar surface area (TPSA) is 61.6 Å². The minimum absolute atomic E-state index is 0.0494. The highest BCUT2D eigenvalue weighted by Gasteiger charge is 2.30. The third-order valence-corrected chi connectivity index (χ3v) is 6.04. The molecular weight excluding hydrogens is 412 g/mol. The fourth-order valence-electron chi connectivity index (χ4n) is 3.95. The van der Waals surface area contributed by atoms with Gasteiger partial charge >= 0.3 is 0 Å². The lowest BCUT2D eigenvalue weighted by Gasteiger charge is -2.38. The van der Waals surface area contributed by atoms with Crippen molar-refractivity contribution < 1.29 is 9.32 Å². The SMILES string of the molecule is Cc1cc(CN2CCN([C@H](C(=O)Nc3ccc(C)c(Cl)c3)c3ccccc3)CC2)no1. The van der Waals surface area contributed by atoms with Crippen LogP contribution < -0.4 is 5.32 Å². The van der Waals surface area contributed by atoms with Gasteiger partial charge < -0.3 is 9.84 Å². The molecule has 1 aliphatic heterocycles. The number of rotatable bonds is 6. The molecule has 2 heterocycles. The molecule has 3 aromatic rings. The number of amides is 1. The van der Waals surface area contributed by atoms with E-state index in [0.29, 0.717) is 10.7 Å². The third kappa shape index (κ3) is 5.34. The number of hydrogen-bond donors (Lipinski definition) is 1. The van der Waals surface area contributed by atoms with Crippen LogP contribution in [0.1, 0.15) is 28.6 Å². The van der Waals surface area contributed by atoms with Crippen LogP contribution in [-0.4, -0.2) is 47.0 Å². The molecule has 31 heavy (non-hydrogen) atoms. The fraction of sp³-hybridized carbons (Fsp3) is 0.333. The summed E-state index contributed by atoms with van der Waals surface area (Å²) in [7, 11) is 0. The zero-order valence-corrected chi connectivity index (χ0v) is 18.6. The van der Waals surface area contributed by atoms with Crippen LogP contribution in [0.2, 0.25) is 5.02 Å². The van der Waals surface area contributed by atoms with Crippen LogP contribution in [0.25, 0.3) is 0 Å². The Kier molecular flexibility index (Phi) is 6.70. The zero-order valence-electron chi connectivity index (χ0n) is 17.8. The first-order chi connectivity index (χ1) is 15.0. The van der Waals surface area contributed by atoms with Crippen molar-refractivity contribution in [3.8, 4) is 0 Å². The monoisotopic (exact) mass is 438 g/mol. The van der Waals surface area contributed by atoms with E-state index in [1.165, 1.54) is 0 Å². The van der Waals surface area contributed by atoms with Gasteiger partial charge in [-0.15, -0.1) is 0 Å². The van der Waals surface area contributed by atoms with Crippen LogP contribution in [0, 0.1) is 13.8 Å². The Morgan fingerprint density at radius 2 is 1.84 bits per heavy atom. The highest BCUT2D eigenvalue weighted by molar-refractivity contribution is 6.31. The van der Waals surface area contributed by atoms with Gasteiger partial charge in [-0.3, -0.25) is 14.6 Å². The molecule has 4 rings (SSSR count). The van der Waals surface area contributed by atoms with Gasteiger partial charge in [0.1, 0.15) is 11.8 Å². The van der Waals surface area contributed by atoms with E-state index in [2.05, 4.69) is 20.3 Å². The van der Waals surface area contributed by atoms with Crippen molar-refractivity contribution in [2.75, 3.05) is 31.5 Å². The lowest BCUT2D eigenvalue weighted by atomic mass is 10.0. The van der Waals surface area contributed by atoms with Gasteiger partial charge in [-0.05, 0) is 37.1 Å². The Morgan fingerprint density at radius 1 is 1.10 bits per heavy atom. The average Bonchev–Trinajstić information content (AvgIpc) is 3.17. The van der Waals surface area contributed by atoms with E-state index in [1.807, 2.05) is 62.4 Å². The number of hydrogen-bond acceptors (Lipinski definition) is 5. The maximum absolute atomic E-state index is 13.4. The molecule has 1 amide bonds. The van der Waals surface area contributed by atoms with Crippen molar-refractivity contribution in [3.05, 3.63) is 82.2 Å². The average molecular weight is 439 g/mol. The minimum Gasteiger partial charge on any atom is -0.361 e. The number of aromatic nitrogens is 1. The van der Waals surface area contributed by atoms with Gasteiger partial charge in [0.2, 0.25) is 5.91 Å². The number of carbonyl (C=O) groups excluding carboxylic acids is 1. The molecule has 2 aromatic carbocycles. The number of nitrogens with one attached hydrogen (secondary N) is 1. The fourth-order valence-corrected chi connectivity index (χ4v) is 4.13. The number of aryl methyl sites for hydroxylation is 2. The molecular formula is C24H27ClN4O2. The first-order valence-electron chi connectivity index (χ1n) is 10.5. The highest BCUT2D eigenvalue weighted by atomic mass is 35.5. The van der Waals surface area contributed by atoms with Gasteiger partial charge in [0.05, 0.1) is 5.69 Å². The lowest BCUT2D eigenvalue weighted by molar-refractivity contribution is -0.122. The lowest BCUT2D eigenvalue weighted by Crippen LogP contribution is -2.49. The van der Waals surface area contributed by atoms with Crippen molar-refractivity contribution in [1.29, 1.82) is 0 Å². The summed E-state index contributed by atoms with van der Waals surface area (Å²) < 4.78 is 5.18. The molecule has 0 aliphatic carbocycles. The predicted molar refractivity (Wildman–Crippen MR) is 122 cm³/mol. The van der Waals surface area contributed by atoms with Gasteiger partial charge in [0, 0.05) is 49.5 Å². The van der Waals surface area contributed by atoms with Gasteiger partial charge in [0.15, 0.2) is 0 Å². The summed E-state index contributed by atoms with van der Waals surface area (Å²) in [5.74, 6) is 0.775. The molecule has 162 valence electrons. The molecule has 1 N–H and O–H groups in total. The smallest absolute Gasteiger partial charge is 0.246 e. The van der Waals surface area contributed by atoms with Crippen LogP contribution in [0.4, 0.5) is 5.69 Å². The molecule has 1 aliphatic rings. The second-order valence-electron chi connectivity index (χ2n) is 8.01. The summed E-state index contributed by atoms with van der Waals surface area (Å²) >= 11 is 6.25. The van der Waals surface area contributed by atoms with E-state index in [1.54, 1.807) is 6.07 Å². The Balaban J connectivity index is 1.46. The van der Waals surface area contributed by atoms with Gasteiger partial charge in [0.25, 0.3) is 0 Å². The summed E-state index contributed by atoms with van der Waals surface area (Å²) in [5.41, 5.74) is 3.62. The van der Waals surface area contributed by atoms with E-state index in [-0.39, 0.29) is 11.9 Å². The van der Waals surface area contributed by atoms with Crippen molar-refractivity contribution in [1.82, 2.24) is 15.0 Å². The Morgan fingerprint density at radius 3 is 2.48 bits per heavy atom. The van der Waals surface area contributed by atoms with Crippen molar-refractivity contribution >= 4 is 23.2 Å². The number of piperazine rings is 1. The Labute approximate surface area is 187 Å². The summed E-state index contributed by atoms with van der Waals surface area (Å²) in [6, 6.07) is 17.2. The maximum atomic E-state index is 13.4. The van der Waals surface area contributed by atoms with Gasteiger partial charge in [-0.2, -0.15) is 0 Å². The summed E-state index contributed by atoms with van der Waals surface area (Å²) in [4.78, 5) is 17.9. The Bertz CT molecular complexity index is 1030. The number of nitrogens with zero attached hydrogens (tertiary/aromatic N) is 3. The molecule has 1 saturated heterocycles. The predicted octanol–water partition coefficient (Wildman–Crippen LogP) is 4.44. The summed E-state index contributed by atoms with van der Waals surface area (Å²) in [6.45, 7) is 7.91. The molecule has 0 saturated carbocycles. The van der Waals surface area contributed by atoms with E-state index >= 15 is 0 Å². The molecule has 7 heteroatoms. The van der Waals surface area contributed by atoms with E-state index in [0.717, 1.165) is 55.3 Å². The zero-order chi connectivity index (χ0) is 21.8. The number of anilines is 1. The molecule has 0 radical (unpaired) electrons. The minimum atomic E-state index is -0.363. The molecule has 0 bridgehead atoms. The van der Waals surface area contributed by atoms with Crippen LogP contribution in [-0.2, 0) is 11.3 Å². The first kappa shape index (κ1) is 21.6. The quantitative estimate of drug-likeness (QED) is 0.616. The van der Waals surface area contributed by atoms with Crippen LogP contribution in [0.5, 0.6) is 0 Å². The maximum Gasteiger partial charge on any atom is 0.246 e. The summed E-state index contributed by atoms with van der Waals surface area (Å²) in [6.07, 6.45) is 0. The second kappa shape index (κ2) is 9.64. The van der Waals surface area contributed by atoms with Gasteiger partial charge in [-0.25, -0.2) is 0 Å². The second-order valence-corrected chi connectivity index (χ2v) is 8.41. The molecule has 1 fully saturated rings. The number of carbonyl (C=O) groups is 1. The van der Waals surface area contributed by atoms with Crippen molar-refractivity contribution in [2.45, 2.75) is 26.4 Å². The van der Waals surface area contributed by atoms with E-state index in [4.69, 9.17) is 16.1 Å². The van der Waals surface area contributed by atoms with Crippen molar-refractivity contribution in [2.24, 2.45) is 0 Å². The van der Waals surface area contributed by atoms with E-state index in [9.17, 15) is 4.79 Å². The molecule has 6 nitrogen and oxygen atoms in total. The molecule has 0 spiro atoms. The van der Waals surface area contributed by atoms with E-state index < -0.39 is 0 Å². The molecule has 1 aromatic heterocycles. The van der Waals surface area contributed by atoms with Gasteiger partial charge in [-0.1, -0.05) is 53.2 Å². The summed E-state index contributed by atoms with van der Waals surface area (Å²) in [5, 5.41) is 7.80. The number of benzene rings is 2. The molecule has 0 unspecified atom stereocenters. The number of halogens is 1. The third-order valence-electron chi connectivity index (χ3n) is 5.64. The van der Waals surface area contributed by atoms with Crippen LogP contribution in [0.15, 0.2) is 59.1 Å². The van der Waals surface area contributed by atoms with Crippen LogP contribution in [0.3, 0.4) is 0 Å². The molecule has 1 atom stereocenters. The normalized spacial score (nSPS) is 16.2. The Hall–Kier alpha value is -2.67.